The van der Waals surface area contributed by atoms with Gasteiger partial charge in [0.2, 0.25) is 5.91 Å². The van der Waals surface area contributed by atoms with E-state index in [-0.39, 0.29) is 11.7 Å². The first kappa shape index (κ1) is 23.3. The Labute approximate surface area is 201 Å². The average molecular weight is 483 g/mol. The standard InChI is InChI=1S/C24H26N4O3S2/c1-4-12-28-21(16-9-7-8-15(2)13-16)26-27-24(28)32-14-19(29)25-22-20(23(30)31-3)17-10-5-6-11-18(17)33-22/h4,7-9,13H,1,5-6,10-12,14H2,2-3H3,(H,25,29). The van der Waals surface area contributed by atoms with Crippen LogP contribution in [0.3, 0.4) is 0 Å². The molecule has 0 atom stereocenters. The molecule has 0 radical (unpaired) electrons. The average Bonchev–Trinajstić information content (AvgIpc) is 3.38. The van der Waals surface area contributed by atoms with Crippen LogP contribution >= 0.6 is 23.1 Å². The molecule has 1 aliphatic carbocycles. The molecule has 33 heavy (non-hydrogen) atoms. The van der Waals surface area contributed by atoms with Crippen LogP contribution in [0, 0.1) is 6.92 Å². The van der Waals surface area contributed by atoms with Gasteiger partial charge in [0.05, 0.1) is 18.4 Å². The van der Waals surface area contributed by atoms with Gasteiger partial charge in [-0.15, -0.1) is 28.1 Å². The number of anilines is 1. The van der Waals surface area contributed by atoms with E-state index in [2.05, 4.69) is 28.2 Å². The van der Waals surface area contributed by atoms with Crippen molar-refractivity contribution in [3.8, 4) is 11.4 Å². The number of nitrogens with one attached hydrogen (secondary N) is 1. The second kappa shape index (κ2) is 10.4. The molecule has 2 aromatic heterocycles. The molecule has 1 N–H and O–H groups in total. The topological polar surface area (TPSA) is 86.1 Å². The summed E-state index contributed by atoms with van der Waals surface area (Å²) in [5, 5.41) is 12.8. The van der Waals surface area contributed by atoms with Crippen molar-refractivity contribution in [3.63, 3.8) is 0 Å². The minimum Gasteiger partial charge on any atom is -0.465 e. The van der Waals surface area contributed by atoms with Crippen LogP contribution in [-0.2, 0) is 28.9 Å². The van der Waals surface area contributed by atoms with Crippen LogP contribution in [-0.4, -0.2) is 39.5 Å². The van der Waals surface area contributed by atoms with Crippen molar-refractivity contribution >= 4 is 40.0 Å². The maximum atomic E-state index is 12.8. The number of thioether (sulfide) groups is 1. The van der Waals surface area contributed by atoms with Gasteiger partial charge in [0.15, 0.2) is 11.0 Å². The molecule has 0 aliphatic heterocycles. The number of esters is 1. The fraction of sp³-hybridized carbons (Fsp3) is 0.333. The minimum atomic E-state index is -0.397. The van der Waals surface area contributed by atoms with Crippen molar-refractivity contribution in [3.05, 3.63) is 58.5 Å². The van der Waals surface area contributed by atoms with Crippen LogP contribution in [0.1, 0.15) is 39.2 Å². The summed E-state index contributed by atoms with van der Waals surface area (Å²) in [5.74, 6) is 0.284. The molecule has 172 valence electrons. The first-order valence-electron chi connectivity index (χ1n) is 10.8. The Morgan fingerprint density at radius 2 is 2.12 bits per heavy atom. The number of hydrogen-bond acceptors (Lipinski definition) is 7. The molecule has 1 aromatic carbocycles. The van der Waals surface area contributed by atoms with Crippen molar-refractivity contribution in [2.24, 2.45) is 0 Å². The molecule has 4 rings (SSSR count). The van der Waals surface area contributed by atoms with Crippen molar-refractivity contribution in [2.45, 2.75) is 44.3 Å². The summed E-state index contributed by atoms with van der Waals surface area (Å²) in [6.07, 6.45) is 5.69. The molecule has 9 heteroatoms. The molecule has 1 aliphatic rings. The molecule has 0 fully saturated rings. The van der Waals surface area contributed by atoms with E-state index in [1.165, 1.54) is 30.2 Å². The minimum absolute atomic E-state index is 0.145. The number of aromatic nitrogens is 3. The summed E-state index contributed by atoms with van der Waals surface area (Å²) in [4.78, 5) is 26.4. The predicted molar refractivity (Wildman–Crippen MR) is 132 cm³/mol. The molecular formula is C24H26N4O3S2. The largest absolute Gasteiger partial charge is 0.465 e. The number of rotatable bonds is 8. The maximum absolute atomic E-state index is 12.8. The van der Waals surface area contributed by atoms with Gasteiger partial charge in [-0.2, -0.15) is 0 Å². The Morgan fingerprint density at radius 1 is 1.30 bits per heavy atom. The molecular weight excluding hydrogens is 456 g/mol. The van der Waals surface area contributed by atoms with Crippen molar-refractivity contribution in [2.75, 3.05) is 18.2 Å². The van der Waals surface area contributed by atoms with E-state index in [0.717, 1.165) is 53.1 Å². The summed E-state index contributed by atoms with van der Waals surface area (Å²) >= 11 is 2.79. The second-order valence-corrected chi connectivity index (χ2v) is 9.87. The van der Waals surface area contributed by atoms with Gasteiger partial charge in [-0.1, -0.05) is 41.6 Å². The van der Waals surface area contributed by atoms with E-state index in [4.69, 9.17) is 4.74 Å². The lowest BCUT2D eigenvalue weighted by atomic mass is 9.95. The molecule has 0 bridgehead atoms. The van der Waals surface area contributed by atoms with Gasteiger partial charge in [0.1, 0.15) is 5.00 Å². The van der Waals surface area contributed by atoms with Gasteiger partial charge in [0, 0.05) is 17.0 Å². The van der Waals surface area contributed by atoms with Crippen LogP contribution in [0.25, 0.3) is 11.4 Å². The highest BCUT2D eigenvalue weighted by molar-refractivity contribution is 7.99. The van der Waals surface area contributed by atoms with Gasteiger partial charge in [-0.05, 0) is 44.2 Å². The molecule has 0 saturated carbocycles. The highest BCUT2D eigenvalue weighted by atomic mass is 32.2. The molecule has 0 spiro atoms. The Hall–Kier alpha value is -2.91. The number of methoxy groups -OCH3 is 1. The van der Waals surface area contributed by atoms with E-state index in [1.54, 1.807) is 6.08 Å². The fourth-order valence-electron chi connectivity index (χ4n) is 3.95. The van der Waals surface area contributed by atoms with Crippen molar-refractivity contribution in [1.29, 1.82) is 0 Å². The lowest BCUT2D eigenvalue weighted by Crippen LogP contribution is -2.17. The Morgan fingerprint density at radius 3 is 2.88 bits per heavy atom. The SMILES string of the molecule is C=CCn1c(SCC(=O)Nc2sc3c(c2C(=O)OC)CCCC3)nnc1-c1cccc(C)c1. The van der Waals surface area contributed by atoms with Crippen LogP contribution in [0.5, 0.6) is 0 Å². The second-order valence-electron chi connectivity index (χ2n) is 7.82. The lowest BCUT2D eigenvalue weighted by Gasteiger charge is -2.11. The zero-order valence-corrected chi connectivity index (χ0v) is 20.4. The number of fused-ring (bicyclic) bond motifs is 1. The zero-order chi connectivity index (χ0) is 23.4. The summed E-state index contributed by atoms with van der Waals surface area (Å²) in [7, 11) is 1.37. The maximum Gasteiger partial charge on any atom is 0.341 e. The normalized spacial score (nSPS) is 12.8. The molecule has 2 heterocycles. The van der Waals surface area contributed by atoms with Crippen molar-refractivity contribution in [1.82, 2.24) is 14.8 Å². The van der Waals surface area contributed by atoms with Gasteiger partial charge in [-0.3, -0.25) is 9.36 Å². The first-order chi connectivity index (χ1) is 16.0. The number of nitrogens with zero attached hydrogens (tertiary/aromatic N) is 3. The lowest BCUT2D eigenvalue weighted by molar-refractivity contribution is -0.113. The third-order valence-electron chi connectivity index (χ3n) is 5.45. The number of thiophene rings is 1. The number of amides is 1. The summed E-state index contributed by atoms with van der Waals surface area (Å²) in [5.41, 5.74) is 3.63. The molecule has 3 aromatic rings. The highest BCUT2D eigenvalue weighted by Gasteiger charge is 2.27. The van der Waals surface area contributed by atoms with Crippen LogP contribution in [0.15, 0.2) is 42.1 Å². The Bertz CT molecular complexity index is 1200. The van der Waals surface area contributed by atoms with Gasteiger partial charge in [0.25, 0.3) is 0 Å². The van der Waals surface area contributed by atoms with Crippen LogP contribution in [0.4, 0.5) is 5.00 Å². The third kappa shape index (κ3) is 5.04. The Balaban J connectivity index is 1.50. The number of carbonyl (C=O) groups excluding carboxylic acids is 2. The zero-order valence-electron chi connectivity index (χ0n) is 18.7. The number of carbonyl (C=O) groups is 2. The van der Waals surface area contributed by atoms with E-state index in [9.17, 15) is 9.59 Å². The van der Waals surface area contributed by atoms with Crippen LogP contribution < -0.4 is 5.32 Å². The highest BCUT2D eigenvalue weighted by Crippen LogP contribution is 2.38. The van der Waals surface area contributed by atoms with Gasteiger partial charge < -0.3 is 10.1 Å². The number of aryl methyl sites for hydroxylation is 2. The van der Waals surface area contributed by atoms with Gasteiger partial charge >= 0.3 is 5.97 Å². The number of hydrogen-bond donors (Lipinski definition) is 1. The Kier molecular flexibility index (Phi) is 7.29. The number of benzene rings is 1. The number of ether oxygens (including phenoxy) is 1. The fourth-order valence-corrected chi connectivity index (χ4v) is 5.99. The molecule has 0 saturated heterocycles. The third-order valence-corrected chi connectivity index (χ3v) is 7.62. The van der Waals surface area contributed by atoms with Crippen LogP contribution in [0.2, 0.25) is 0 Å². The number of allylic oxidation sites excluding steroid dienone is 1. The van der Waals surface area contributed by atoms with E-state index >= 15 is 0 Å². The molecule has 0 unspecified atom stereocenters. The molecule has 7 nitrogen and oxygen atoms in total. The van der Waals surface area contributed by atoms with Crippen molar-refractivity contribution < 1.29 is 14.3 Å². The van der Waals surface area contributed by atoms with E-state index in [1.807, 2.05) is 29.7 Å². The quantitative estimate of drug-likeness (QED) is 0.279. The predicted octanol–water partition coefficient (Wildman–Crippen LogP) is 4.90. The van der Waals surface area contributed by atoms with Gasteiger partial charge in [-0.25, -0.2) is 4.79 Å². The smallest absolute Gasteiger partial charge is 0.341 e. The summed E-state index contributed by atoms with van der Waals surface area (Å²) in [6.45, 7) is 6.40. The summed E-state index contributed by atoms with van der Waals surface area (Å²) < 4.78 is 6.94. The first-order valence-corrected chi connectivity index (χ1v) is 12.6. The summed E-state index contributed by atoms with van der Waals surface area (Å²) in [6, 6.07) is 8.06. The van der Waals surface area contributed by atoms with E-state index < -0.39 is 5.97 Å². The monoisotopic (exact) mass is 482 g/mol. The molecule has 1 amide bonds. The van der Waals surface area contributed by atoms with E-state index in [0.29, 0.717) is 22.3 Å².